The van der Waals surface area contributed by atoms with Crippen molar-refractivity contribution in [2.45, 2.75) is 6.54 Å². The molecule has 3 aromatic heterocycles. The van der Waals surface area contributed by atoms with Gasteiger partial charge in [-0.05, 0) is 29.1 Å². The molecule has 21 heavy (non-hydrogen) atoms. The van der Waals surface area contributed by atoms with Gasteiger partial charge in [-0.3, -0.25) is 14.6 Å². The maximum atomic E-state index is 12.1. The summed E-state index contributed by atoms with van der Waals surface area (Å²) in [7, 11) is 0. The van der Waals surface area contributed by atoms with Gasteiger partial charge in [0.05, 0.1) is 10.2 Å². The largest absolute Gasteiger partial charge is 0.505 e. The zero-order chi connectivity index (χ0) is 14.8. The van der Waals surface area contributed by atoms with Crippen molar-refractivity contribution in [3.63, 3.8) is 0 Å². The Hall–Kier alpha value is -2.67. The molecule has 7 heteroatoms. The summed E-state index contributed by atoms with van der Waals surface area (Å²) in [6.07, 6.45) is 3.23. The standard InChI is InChI=1S/C14H11N3O3S/c18-11-10(14(20)17-9-3-6-21-12(9)11)13(19)16-7-8-1-4-15-5-2-8/h1-6H,7H2,(H,16,19)(H2,17,18,20). The number of amides is 1. The maximum Gasteiger partial charge on any atom is 0.265 e. The van der Waals surface area contributed by atoms with Crippen molar-refractivity contribution in [3.05, 3.63) is 57.5 Å². The van der Waals surface area contributed by atoms with Crippen LogP contribution in [0.3, 0.4) is 0 Å². The monoisotopic (exact) mass is 301 g/mol. The minimum absolute atomic E-state index is 0.253. The number of carbonyl (C=O) groups is 1. The van der Waals surface area contributed by atoms with Gasteiger partial charge in [0.2, 0.25) is 0 Å². The van der Waals surface area contributed by atoms with E-state index in [1.807, 2.05) is 0 Å². The number of rotatable bonds is 3. The molecule has 0 bridgehead atoms. The first-order valence-electron chi connectivity index (χ1n) is 6.16. The van der Waals surface area contributed by atoms with Crippen LogP contribution < -0.4 is 10.9 Å². The number of hydrogen-bond donors (Lipinski definition) is 3. The second kappa shape index (κ2) is 5.37. The van der Waals surface area contributed by atoms with E-state index in [4.69, 9.17) is 0 Å². The molecule has 0 aliphatic rings. The first-order chi connectivity index (χ1) is 10.2. The van der Waals surface area contributed by atoms with Crippen LogP contribution in [-0.4, -0.2) is 21.0 Å². The van der Waals surface area contributed by atoms with Crippen molar-refractivity contribution < 1.29 is 9.90 Å². The van der Waals surface area contributed by atoms with E-state index in [0.29, 0.717) is 10.2 Å². The fraction of sp³-hybridized carbons (Fsp3) is 0.0714. The molecule has 0 unspecified atom stereocenters. The normalized spacial score (nSPS) is 10.7. The van der Waals surface area contributed by atoms with Gasteiger partial charge >= 0.3 is 0 Å². The quantitative estimate of drug-likeness (QED) is 0.685. The Morgan fingerprint density at radius 3 is 2.86 bits per heavy atom. The number of aromatic nitrogens is 2. The number of thiophene rings is 1. The van der Waals surface area contributed by atoms with Crippen LogP contribution in [0.15, 0.2) is 40.8 Å². The molecule has 0 fully saturated rings. The van der Waals surface area contributed by atoms with Gasteiger partial charge in [-0.25, -0.2) is 0 Å². The van der Waals surface area contributed by atoms with Crippen molar-refractivity contribution in [2.75, 3.05) is 0 Å². The van der Waals surface area contributed by atoms with Crippen LogP contribution in [0, 0.1) is 0 Å². The number of hydrogen-bond acceptors (Lipinski definition) is 5. The summed E-state index contributed by atoms with van der Waals surface area (Å²) in [4.78, 5) is 30.5. The lowest BCUT2D eigenvalue weighted by Crippen LogP contribution is -2.29. The Morgan fingerprint density at radius 2 is 2.10 bits per heavy atom. The summed E-state index contributed by atoms with van der Waals surface area (Å²) >= 11 is 1.26. The van der Waals surface area contributed by atoms with Crippen molar-refractivity contribution in [1.82, 2.24) is 15.3 Å². The summed E-state index contributed by atoms with van der Waals surface area (Å²) < 4.78 is 0.490. The third-order valence-corrected chi connectivity index (χ3v) is 3.94. The number of nitrogens with zero attached hydrogens (tertiary/aromatic N) is 1. The predicted molar refractivity (Wildman–Crippen MR) is 79.5 cm³/mol. The lowest BCUT2D eigenvalue weighted by Gasteiger charge is -2.06. The fourth-order valence-corrected chi connectivity index (χ4v) is 2.78. The van der Waals surface area contributed by atoms with Crippen LogP contribution in [-0.2, 0) is 6.54 Å². The van der Waals surface area contributed by atoms with Gasteiger partial charge in [-0.15, -0.1) is 11.3 Å². The number of nitrogens with one attached hydrogen (secondary N) is 2. The molecule has 0 aliphatic carbocycles. The van der Waals surface area contributed by atoms with Gasteiger partial charge < -0.3 is 15.4 Å². The number of pyridine rings is 2. The van der Waals surface area contributed by atoms with Crippen LogP contribution in [0.5, 0.6) is 5.75 Å². The third kappa shape index (κ3) is 2.50. The molecule has 0 radical (unpaired) electrons. The molecular formula is C14H11N3O3S. The van der Waals surface area contributed by atoms with Crippen LogP contribution in [0.1, 0.15) is 15.9 Å². The highest BCUT2D eigenvalue weighted by Gasteiger charge is 2.19. The van der Waals surface area contributed by atoms with E-state index in [2.05, 4.69) is 15.3 Å². The summed E-state index contributed by atoms with van der Waals surface area (Å²) in [6, 6.07) is 5.19. The Bertz CT molecular complexity index is 855. The van der Waals surface area contributed by atoms with Crippen molar-refractivity contribution in [3.8, 4) is 5.75 Å². The average Bonchev–Trinajstić information content (AvgIpc) is 2.94. The number of aromatic amines is 1. The summed E-state index contributed by atoms with van der Waals surface area (Å²) in [5.41, 5.74) is 0.504. The molecule has 6 nitrogen and oxygen atoms in total. The SMILES string of the molecule is O=C(NCc1ccncc1)c1c(O)c2sccc2[nH]c1=O. The minimum atomic E-state index is -0.610. The number of carbonyl (C=O) groups excluding carboxylic acids is 1. The molecule has 0 saturated heterocycles. The Morgan fingerprint density at radius 1 is 1.33 bits per heavy atom. The van der Waals surface area contributed by atoms with Crippen LogP contribution in [0.2, 0.25) is 0 Å². The molecule has 0 saturated carbocycles. The van der Waals surface area contributed by atoms with Crippen LogP contribution >= 0.6 is 11.3 Å². The molecule has 106 valence electrons. The van der Waals surface area contributed by atoms with Gasteiger partial charge in [0, 0.05) is 18.9 Å². The summed E-state index contributed by atoms with van der Waals surface area (Å²) in [5, 5.41) is 14.5. The van der Waals surface area contributed by atoms with Gasteiger partial charge in [0.15, 0.2) is 5.75 Å². The highest BCUT2D eigenvalue weighted by Crippen LogP contribution is 2.29. The van der Waals surface area contributed by atoms with E-state index in [1.165, 1.54) is 11.3 Å². The molecule has 3 N–H and O–H groups in total. The molecule has 0 aromatic carbocycles. The number of fused-ring (bicyclic) bond motifs is 1. The van der Waals surface area contributed by atoms with E-state index in [0.717, 1.165) is 5.56 Å². The van der Waals surface area contributed by atoms with Gasteiger partial charge in [0.25, 0.3) is 11.5 Å². The smallest absolute Gasteiger partial charge is 0.265 e. The summed E-state index contributed by atoms with van der Waals surface area (Å²) in [5.74, 6) is -0.892. The molecule has 0 aliphatic heterocycles. The van der Waals surface area contributed by atoms with Crippen LogP contribution in [0.25, 0.3) is 10.2 Å². The number of H-pyrrole nitrogens is 1. The maximum absolute atomic E-state index is 12.1. The Kier molecular flexibility index (Phi) is 3.41. The first-order valence-corrected chi connectivity index (χ1v) is 7.04. The van der Waals surface area contributed by atoms with Crippen molar-refractivity contribution in [2.24, 2.45) is 0 Å². The molecule has 0 spiro atoms. The Balaban J connectivity index is 1.89. The van der Waals surface area contributed by atoms with Crippen LogP contribution in [0.4, 0.5) is 0 Å². The molecule has 3 rings (SSSR count). The van der Waals surface area contributed by atoms with E-state index >= 15 is 0 Å². The first kappa shape index (κ1) is 13.3. The van der Waals surface area contributed by atoms with E-state index in [-0.39, 0.29) is 17.9 Å². The summed E-state index contributed by atoms with van der Waals surface area (Å²) in [6.45, 7) is 0.253. The fourth-order valence-electron chi connectivity index (χ4n) is 1.98. The highest BCUT2D eigenvalue weighted by atomic mass is 32.1. The lowest BCUT2D eigenvalue weighted by molar-refractivity contribution is 0.0947. The molecular weight excluding hydrogens is 290 g/mol. The third-order valence-electron chi connectivity index (χ3n) is 3.02. The molecule has 0 atom stereocenters. The van der Waals surface area contributed by atoms with E-state index in [1.54, 1.807) is 36.0 Å². The lowest BCUT2D eigenvalue weighted by atomic mass is 10.2. The minimum Gasteiger partial charge on any atom is -0.505 e. The second-order valence-electron chi connectivity index (χ2n) is 4.38. The Labute approximate surface area is 123 Å². The van der Waals surface area contributed by atoms with Gasteiger partial charge in [0.1, 0.15) is 5.56 Å². The number of aromatic hydroxyl groups is 1. The zero-order valence-electron chi connectivity index (χ0n) is 10.8. The van der Waals surface area contributed by atoms with E-state index < -0.39 is 11.5 Å². The zero-order valence-corrected chi connectivity index (χ0v) is 11.6. The topological polar surface area (TPSA) is 95.1 Å². The molecule has 3 heterocycles. The highest BCUT2D eigenvalue weighted by molar-refractivity contribution is 7.17. The van der Waals surface area contributed by atoms with Gasteiger partial charge in [-0.2, -0.15) is 0 Å². The molecule has 3 aromatic rings. The second-order valence-corrected chi connectivity index (χ2v) is 5.30. The predicted octanol–water partition coefficient (Wildman–Crippen LogP) is 1.62. The molecule has 1 amide bonds. The average molecular weight is 301 g/mol. The van der Waals surface area contributed by atoms with Gasteiger partial charge in [-0.1, -0.05) is 0 Å². The van der Waals surface area contributed by atoms with Crippen molar-refractivity contribution >= 4 is 27.5 Å². The van der Waals surface area contributed by atoms with Crippen molar-refractivity contribution in [1.29, 1.82) is 0 Å². The van der Waals surface area contributed by atoms with E-state index in [9.17, 15) is 14.7 Å².